The number of aromatic nitrogens is 2. The van der Waals surface area contributed by atoms with Crippen LogP contribution in [-0.4, -0.2) is 20.9 Å². The first-order valence-corrected chi connectivity index (χ1v) is 4.92. The summed E-state index contributed by atoms with van der Waals surface area (Å²) in [6.45, 7) is 3.09. The summed E-state index contributed by atoms with van der Waals surface area (Å²) in [4.78, 5) is 10.6. The lowest BCUT2D eigenvalue weighted by Gasteiger charge is -2.33. The maximum absolute atomic E-state index is 10.6. The molecule has 0 amide bonds. The lowest BCUT2D eigenvalue weighted by atomic mass is 9.75. The Labute approximate surface area is 82.5 Å². The number of carboxylic acids is 1. The first-order valence-electron chi connectivity index (χ1n) is 4.92. The molecule has 14 heavy (non-hydrogen) atoms. The summed E-state index contributed by atoms with van der Waals surface area (Å²) in [6.07, 6.45) is 5.54. The van der Waals surface area contributed by atoms with Gasteiger partial charge in [0.2, 0.25) is 0 Å². The predicted octanol–water partition coefficient (Wildman–Crippen LogP) is 1.63. The molecular weight excluding hydrogens is 180 g/mol. The van der Waals surface area contributed by atoms with E-state index in [-0.39, 0.29) is 5.56 Å². The lowest BCUT2D eigenvalue weighted by Crippen LogP contribution is -2.27. The third-order valence-corrected chi connectivity index (χ3v) is 3.10. The van der Waals surface area contributed by atoms with E-state index in [2.05, 4.69) is 12.0 Å². The Morgan fingerprint density at radius 1 is 1.71 bits per heavy atom. The molecule has 0 saturated heterocycles. The van der Waals surface area contributed by atoms with Crippen LogP contribution in [0.3, 0.4) is 0 Å². The van der Waals surface area contributed by atoms with Crippen molar-refractivity contribution < 1.29 is 9.90 Å². The molecule has 0 aliphatic heterocycles. The standard InChI is InChI=1S/C10H14N2O2/c1-7-2-3-8(7)5-12-6-9(4-11-12)10(13)14/h4,6-8H,2-3,5H2,1H3,(H,13,14)/t7-,8-/m0/s1. The predicted molar refractivity (Wildman–Crippen MR) is 51.1 cm³/mol. The summed E-state index contributed by atoms with van der Waals surface area (Å²) in [5, 5.41) is 12.7. The summed E-state index contributed by atoms with van der Waals surface area (Å²) in [5.74, 6) is 0.530. The zero-order valence-corrected chi connectivity index (χ0v) is 8.18. The van der Waals surface area contributed by atoms with Crippen LogP contribution in [0.25, 0.3) is 0 Å². The summed E-state index contributed by atoms with van der Waals surface area (Å²) in [7, 11) is 0. The Morgan fingerprint density at radius 3 is 2.93 bits per heavy atom. The highest BCUT2D eigenvalue weighted by Crippen LogP contribution is 2.34. The number of aromatic carboxylic acids is 1. The molecule has 1 fully saturated rings. The fourth-order valence-corrected chi connectivity index (χ4v) is 1.82. The second-order valence-corrected chi connectivity index (χ2v) is 4.07. The number of rotatable bonds is 3. The molecule has 0 radical (unpaired) electrons. The van der Waals surface area contributed by atoms with Crippen molar-refractivity contribution in [1.82, 2.24) is 9.78 Å². The van der Waals surface area contributed by atoms with E-state index in [1.54, 1.807) is 10.9 Å². The van der Waals surface area contributed by atoms with Crippen LogP contribution in [-0.2, 0) is 6.54 Å². The quantitative estimate of drug-likeness (QED) is 0.795. The van der Waals surface area contributed by atoms with E-state index in [1.807, 2.05) is 0 Å². The van der Waals surface area contributed by atoms with Crippen molar-refractivity contribution in [3.63, 3.8) is 0 Å². The molecular formula is C10H14N2O2. The van der Waals surface area contributed by atoms with Crippen LogP contribution in [0, 0.1) is 11.8 Å². The first-order chi connectivity index (χ1) is 6.66. The minimum absolute atomic E-state index is 0.275. The SMILES string of the molecule is C[C@H]1CC[C@H]1Cn1cc(C(=O)O)cn1. The second kappa shape index (κ2) is 3.44. The van der Waals surface area contributed by atoms with Crippen LogP contribution in [0.1, 0.15) is 30.1 Å². The highest BCUT2D eigenvalue weighted by atomic mass is 16.4. The van der Waals surface area contributed by atoms with Gasteiger partial charge >= 0.3 is 5.97 Å². The van der Waals surface area contributed by atoms with Crippen LogP contribution >= 0.6 is 0 Å². The molecule has 1 N–H and O–H groups in total. The molecule has 0 spiro atoms. The topological polar surface area (TPSA) is 55.1 Å². The molecule has 4 nitrogen and oxygen atoms in total. The smallest absolute Gasteiger partial charge is 0.338 e. The normalized spacial score (nSPS) is 25.8. The third-order valence-electron chi connectivity index (χ3n) is 3.10. The van der Waals surface area contributed by atoms with Gasteiger partial charge in [0, 0.05) is 12.7 Å². The fraction of sp³-hybridized carbons (Fsp3) is 0.600. The van der Waals surface area contributed by atoms with Crippen molar-refractivity contribution >= 4 is 5.97 Å². The highest BCUT2D eigenvalue weighted by Gasteiger charge is 2.27. The summed E-state index contributed by atoms with van der Waals surface area (Å²) >= 11 is 0. The summed E-state index contributed by atoms with van der Waals surface area (Å²) in [6, 6.07) is 0. The van der Waals surface area contributed by atoms with Crippen molar-refractivity contribution in [2.45, 2.75) is 26.3 Å². The number of hydrogen-bond donors (Lipinski definition) is 1. The fourth-order valence-electron chi connectivity index (χ4n) is 1.82. The van der Waals surface area contributed by atoms with Crippen molar-refractivity contribution in [3.8, 4) is 0 Å². The minimum Gasteiger partial charge on any atom is -0.478 e. The van der Waals surface area contributed by atoms with Crippen LogP contribution in [0.15, 0.2) is 12.4 Å². The van der Waals surface area contributed by atoms with Crippen LogP contribution in [0.5, 0.6) is 0 Å². The van der Waals surface area contributed by atoms with Crippen molar-refractivity contribution in [2.75, 3.05) is 0 Å². The number of carbonyl (C=O) groups is 1. The van der Waals surface area contributed by atoms with Gasteiger partial charge in [-0.15, -0.1) is 0 Å². The molecule has 76 valence electrons. The van der Waals surface area contributed by atoms with Crippen LogP contribution in [0.4, 0.5) is 0 Å². The van der Waals surface area contributed by atoms with Crippen molar-refractivity contribution in [1.29, 1.82) is 0 Å². The van der Waals surface area contributed by atoms with E-state index in [1.165, 1.54) is 19.0 Å². The molecule has 1 heterocycles. The highest BCUT2D eigenvalue weighted by molar-refractivity contribution is 5.86. The van der Waals surface area contributed by atoms with Crippen molar-refractivity contribution in [3.05, 3.63) is 18.0 Å². The average molecular weight is 194 g/mol. The van der Waals surface area contributed by atoms with Gasteiger partial charge < -0.3 is 5.11 Å². The maximum atomic E-state index is 10.6. The molecule has 2 rings (SSSR count). The third kappa shape index (κ3) is 1.64. The van der Waals surface area contributed by atoms with Crippen molar-refractivity contribution in [2.24, 2.45) is 11.8 Å². The van der Waals surface area contributed by atoms with Gasteiger partial charge in [0.1, 0.15) is 0 Å². The molecule has 1 aliphatic rings. The molecule has 1 saturated carbocycles. The Kier molecular flexibility index (Phi) is 2.27. The molecule has 0 unspecified atom stereocenters. The Morgan fingerprint density at radius 2 is 2.50 bits per heavy atom. The zero-order chi connectivity index (χ0) is 10.1. The molecule has 0 aromatic carbocycles. The number of nitrogens with zero attached hydrogens (tertiary/aromatic N) is 2. The van der Waals surface area contributed by atoms with E-state index < -0.39 is 5.97 Å². The van der Waals surface area contributed by atoms with Gasteiger partial charge in [0.15, 0.2) is 0 Å². The monoisotopic (exact) mass is 194 g/mol. The molecule has 1 aromatic heterocycles. The Hall–Kier alpha value is -1.32. The Balaban J connectivity index is 1.99. The molecule has 4 heteroatoms. The van der Waals surface area contributed by atoms with Gasteiger partial charge in [-0.1, -0.05) is 13.3 Å². The molecule has 1 aromatic rings. The van der Waals surface area contributed by atoms with E-state index >= 15 is 0 Å². The van der Waals surface area contributed by atoms with Gasteiger partial charge in [-0.2, -0.15) is 5.10 Å². The average Bonchev–Trinajstić information content (AvgIpc) is 2.60. The molecule has 2 atom stereocenters. The second-order valence-electron chi connectivity index (χ2n) is 4.07. The number of carboxylic acid groups (broad SMARTS) is 1. The molecule has 1 aliphatic carbocycles. The van der Waals surface area contributed by atoms with E-state index in [4.69, 9.17) is 5.11 Å². The first kappa shape index (κ1) is 9.24. The maximum Gasteiger partial charge on any atom is 0.338 e. The zero-order valence-electron chi connectivity index (χ0n) is 8.18. The summed E-state index contributed by atoms with van der Waals surface area (Å²) in [5.41, 5.74) is 0.275. The van der Waals surface area contributed by atoms with Gasteiger partial charge in [0.25, 0.3) is 0 Å². The number of hydrogen-bond acceptors (Lipinski definition) is 2. The van der Waals surface area contributed by atoms with Gasteiger partial charge in [-0.05, 0) is 18.3 Å². The lowest BCUT2D eigenvalue weighted by molar-refractivity contribution is 0.0696. The van der Waals surface area contributed by atoms with E-state index in [0.29, 0.717) is 5.92 Å². The van der Waals surface area contributed by atoms with Crippen LogP contribution in [0.2, 0.25) is 0 Å². The van der Waals surface area contributed by atoms with Gasteiger partial charge in [-0.25, -0.2) is 4.79 Å². The molecule has 0 bridgehead atoms. The van der Waals surface area contributed by atoms with E-state index in [9.17, 15) is 4.79 Å². The Bertz CT molecular complexity index is 346. The summed E-state index contributed by atoms with van der Waals surface area (Å²) < 4.78 is 1.74. The minimum atomic E-state index is -0.905. The van der Waals surface area contributed by atoms with Crippen LogP contribution < -0.4 is 0 Å². The van der Waals surface area contributed by atoms with E-state index in [0.717, 1.165) is 12.5 Å². The van der Waals surface area contributed by atoms with Gasteiger partial charge in [0.05, 0.1) is 11.8 Å². The largest absolute Gasteiger partial charge is 0.478 e. The van der Waals surface area contributed by atoms with Gasteiger partial charge in [-0.3, -0.25) is 4.68 Å².